The fourth-order valence-corrected chi connectivity index (χ4v) is 2.66. The van der Waals surface area contributed by atoms with Gasteiger partial charge >= 0.3 is 0 Å². The van der Waals surface area contributed by atoms with Crippen LogP contribution in [0.25, 0.3) is 11.0 Å². The maximum atomic E-state index is 5.78. The van der Waals surface area contributed by atoms with Gasteiger partial charge in [0.25, 0.3) is 0 Å². The van der Waals surface area contributed by atoms with Crippen LogP contribution in [0.1, 0.15) is 0 Å². The van der Waals surface area contributed by atoms with Gasteiger partial charge in [-0.1, -0.05) is 12.1 Å². The van der Waals surface area contributed by atoms with Crippen molar-refractivity contribution in [3.8, 4) is 0 Å². The zero-order chi connectivity index (χ0) is 13.1. The molecule has 0 aliphatic carbocycles. The summed E-state index contributed by atoms with van der Waals surface area (Å²) >= 11 is 5.78. The number of rotatable bonds is 3. The Hall–Kier alpha value is -1.39. The number of piperazine rings is 1. The minimum absolute atomic E-state index is 0.704. The van der Waals surface area contributed by atoms with Gasteiger partial charge in [-0.05, 0) is 12.1 Å². The average Bonchev–Trinajstić information content (AvgIpc) is 2.48. The normalized spacial score (nSPS) is 17.0. The summed E-state index contributed by atoms with van der Waals surface area (Å²) in [6.07, 6.45) is 1.87. The van der Waals surface area contributed by atoms with Crippen molar-refractivity contribution in [1.29, 1.82) is 0 Å². The second-order valence-electron chi connectivity index (χ2n) is 4.73. The van der Waals surface area contributed by atoms with Crippen molar-refractivity contribution >= 4 is 28.5 Å². The molecule has 2 aromatic rings. The lowest BCUT2D eigenvalue weighted by atomic mass is 10.3. The Bertz CT molecular complexity index is 552. The van der Waals surface area contributed by atoms with Gasteiger partial charge in [0.2, 0.25) is 0 Å². The van der Waals surface area contributed by atoms with Crippen LogP contribution in [0.3, 0.4) is 0 Å². The van der Waals surface area contributed by atoms with Crippen LogP contribution in [0.2, 0.25) is 0 Å². The lowest BCUT2D eigenvalue weighted by Crippen LogP contribution is -2.47. The van der Waals surface area contributed by atoms with Gasteiger partial charge in [0.15, 0.2) is 0 Å². The highest BCUT2D eigenvalue weighted by atomic mass is 35.5. The van der Waals surface area contributed by atoms with Crippen LogP contribution >= 0.6 is 11.6 Å². The van der Waals surface area contributed by atoms with Crippen molar-refractivity contribution in [2.75, 3.05) is 43.5 Å². The van der Waals surface area contributed by atoms with Crippen LogP contribution in [0, 0.1) is 0 Å². The number of hydrogen-bond donors (Lipinski definition) is 0. The molecule has 5 heteroatoms. The summed E-state index contributed by atoms with van der Waals surface area (Å²) < 4.78 is 0. The van der Waals surface area contributed by atoms with Crippen molar-refractivity contribution in [2.24, 2.45) is 0 Å². The number of hydrogen-bond acceptors (Lipinski definition) is 4. The number of halogens is 1. The molecule has 0 N–H and O–H groups in total. The van der Waals surface area contributed by atoms with Crippen molar-refractivity contribution in [3.63, 3.8) is 0 Å². The molecule has 1 aliphatic rings. The molecule has 1 aliphatic heterocycles. The van der Waals surface area contributed by atoms with E-state index in [0.717, 1.165) is 49.6 Å². The maximum absolute atomic E-state index is 5.78. The molecule has 1 aromatic heterocycles. The molecule has 3 rings (SSSR count). The third kappa shape index (κ3) is 2.80. The lowest BCUT2D eigenvalue weighted by Gasteiger charge is -2.34. The molecule has 2 heterocycles. The predicted molar refractivity (Wildman–Crippen MR) is 78.9 cm³/mol. The van der Waals surface area contributed by atoms with Crippen LogP contribution in [-0.2, 0) is 0 Å². The average molecular weight is 277 g/mol. The van der Waals surface area contributed by atoms with E-state index in [1.165, 1.54) is 0 Å². The topological polar surface area (TPSA) is 32.3 Å². The van der Waals surface area contributed by atoms with Gasteiger partial charge in [-0.2, -0.15) is 0 Å². The van der Waals surface area contributed by atoms with E-state index in [1.54, 1.807) is 0 Å². The number of nitrogens with zero attached hydrogens (tertiary/aromatic N) is 4. The second kappa shape index (κ2) is 5.72. The molecule has 0 bridgehead atoms. The minimum Gasteiger partial charge on any atom is -0.353 e. The SMILES string of the molecule is ClCCN1CCN(c2cnc3ccccc3n2)CC1. The fraction of sp³-hybridized carbons (Fsp3) is 0.429. The summed E-state index contributed by atoms with van der Waals surface area (Å²) in [5.41, 5.74) is 1.91. The van der Waals surface area contributed by atoms with E-state index in [1.807, 2.05) is 30.5 Å². The zero-order valence-electron chi connectivity index (χ0n) is 10.8. The van der Waals surface area contributed by atoms with E-state index in [-0.39, 0.29) is 0 Å². The Labute approximate surface area is 118 Å². The Kier molecular flexibility index (Phi) is 3.80. The Balaban J connectivity index is 1.74. The van der Waals surface area contributed by atoms with Gasteiger partial charge in [-0.15, -0.1) is 11.6 Å². The Morgan fingerprint density at radius 1 is 1.05 bits per heavy atom. The predicted octanol–water partition coefficient (Wildman–Crippen LogP) is 1.99. The Morgan fingerprint density at radius 2 is 1.79 bits per heavy atom. The second-order valence-corrected chi connectivity index (χ2v) is 5.11. The lowest BCUT2D eigenvalue weighted by molar-refractivity contribution is 0.272. The summed E-state index contributed by atoms with van der Waals surface area (Å²) in [5, 5.41) is 0. The van der Waals surface area contributed by atoms with Crippen molar-refractivity contribution in [2.45, 2.75) is 0 Å². The molecule has 19 heavy (non-hydrogen) atoms. The van der Waals surface area contributed by atoms with Gasteiger partial charge < -0.3 is 4.90 Å². The third-order valence-corrected chi connectivity index (χ3v) is 3.70. The maximum Gasteiger partial charge on any atom is 0.147 e. The molecule has 4 nitrogen and oxygen atoms in total. The summed E-state index contributed by atoms with van der Waals surface area (Å²) in [6, 6.07) is 7.99. The Morgan fingerprint density at radius 3 is 2.53 bits per heavy atom. The van der Waals surface area contributed by atoms with E-state index in [4.69, 9.17) is 11.6 Å². The van der Waals surface area contributed by atoms with Crippen molar-refractivity contribution in [1.82, 2.24) is 14.9 Å². The number of aromatic nitrogens is 2. The first kappa shape index (κ1) is 12.6. The quantitative estimate of drug-likeness (QED) is 0.803. The van der Waals surface area contributed by atoms with Gasteiger partial charge in [0, 0.05) is 38.6 Å². The van der Waals surface area contributed by atoms with Crippen LogP contribution in [-0.4, -0.2) is 53.5 Å². The first-order valence-corrected chi connectivity index (χ1v) is 7.15. The standard InChI is InChI=1S/C14H17ClN4/c15-5-6-18-7-9-19(10-8-18)14-11-16-12-3-1-2-4-13(12)17-14/h1-4,11H,5-10H2. The molecular weight excluding hydrogens is 260 g/mol. The molecular formula is C14H17ClN4. The number of benzene rings is 1. The summed E-state index contributed by atoms with van der Waals surface area (Å²) in [7, 11) is 0. The molecule has 0 atom stereocenters. The molecule has 0 radical (unpaired) electrons. The monoisotopic (exact) mass is 276 g/mol. The van der Waals surface area contributed by atoms with Crippen LogP contribution in [0.4, 0.5) is 5.82 Å². The number of para-hydroxylation sites is 2. The summed E-state index contributed by atoms with van der Waals surface area (Å²) in [5.74, 6) is 1.68. The highest BCUT2D eigenvalue weighted by molar-refractivity contribution is 6.18. The van der Waals surface area contributed by atoms with E-state index >= 15 is 0 Å². The van der Waals surface area contributed by atoms with E-state index in [9.17, 15) is 0 Å². The molecule has 100 valence electrons. The van der Waals surface area contributed by atoms with Crippen LogP contribution in [0.5, 0.6) is 0 Å². The van der Waals surface area contributed by atoms with Crippen LogP contribution in [0.15, 0.2) is 30.5 Å². The van der Waals surface area contributed by atoms with Crippen LogP contribution < -0.4 is 4.90 Å². The van der Waals surface area contributed by atoms with E-state index in [2.05, 4.69) is 19.8 Å². The van der Waals surface area contributed by atoms with Crippen molar-refractivity contribution < 1.29 is 0 Å². The largest absolute Gasteiger partial charge is 0.353 e. The van der Waals surface area contributed by atoms with Gasteiger partial charge in [0.05, 0.1) is 17.2 Å². The summed E-state index contributed by atoms with van der Waals surface area (Å²) in [6.45, 7) is 5.04. The highest BCUT2D eigenvalue weighted by Crippen LogP contribution is 2.16. The zero-order valence-corrected chi connectivity index (χ0v) is 11.6. The highest BCUT2D eigenvalue weighted by Gasteiger charge is 2.17. The molecule has 0 spiro atoms. The first-order chi connectivity index (χ1) is 9.36. The fourth-order valence-electron chi connectivity index (χ4n) is 2.42. The van der Waals surface area contributed by atoms with E-state index < -0.39 is 0 Å². The molecule has 1 saturated heterocycles. The minimum atomic E-state index is 0.704. The summed E-state index contributed by atoms with van der Waals surface area (Å²) in [4.78, 5) is 13.8. The number of alkyl halides is 1. The number of fused-ring (bicyclic) bond motifs is 1. The molecule has 0 saturated carbocycles. The molecule has 1 fully saturated rings. The van der Waals surface area contributed by atoms with Gasteiger partial charge in [-0.25, -0.2) is 4.98 Å². The first-order valence-electron chi connectivity index (χ1n) is 6.62. The molecule has 0 amide bonds. The molecule has 0 unspecified atom stereocenters. The van der Waals surface area contributed by atoms with Crippen molar-refractivity contribution in [3.05, 3.63) is 30.5 Å². The molecule has 1 aromatic carbocycles. The van der Waals surface area contributed by atoms with E-state index in [0.29, 0.717) is 5.88 Å². The van der Waals surface area contributed by atoms with Gasteiger partial charge in [-0.3, -0.25) is 9.88 Å². The number of anilines is 1. The third-order valence-electron chi connectivity index (χ3n) is 3.53. The van der Waals surface area contributed by atoms with Gasteiger partial charge in [0.1, 0.15) is 5.82 Å². The smallest absolute Gasteiger partial charge is 0.147 e.